The molecule has 144 valence electrons. The van der Waals surface area contributed by atoms with E-state index in [-0.39, 0.29) is 12.3 Å². The Labute approximate surface area is 156 Å². The Kier molecular flexibility index (Phi) is 5.46. The number of carbonyl (C=O) groups is 3. The van der Waals surface area contributed by atoms with Gasteiger partial charge in [0.25, 0.3) is 0 Å². The number of amides is 3. The first-order chi connectivity index (χ1) is 12.9. The highest BCUT2D eigenvalue weighted by Crippen LogP contribution is 2.19. The number of benzene rings is 1. The fraction of sp³-hybridized carbons (Fsp3) is 0.421. The van der Waals surface area contributed by atoms with Crippen LogP contribution in [0.5, 0.6) is 0 Å². The van der Waals surface area contributed by atoms with E-state index < -0.39 is 42.5 Å². The van der Waals surface area contributed by atoms with Crippen molar-refractivity contribution in [1.82, 2.24) is 20.9 Å². The summed E-state index contributed by atoms with van der Waals surface area (Å²) in [5, 5.41) is 18.3. The normalized spacial score (nSPS) is 24.0. The standard InChI is InChI=1S/C19H24N4O4/c1-10(2)16-19(27)21-14(17(25)22-15(9-24)18(26)23-16)7-11-8-20-13-6-4-3-5-12(11)13/h3-6,8,10,14-16,20,24H,7,9H2,1-2H3,(H,21,27)(H,22,25)(H,23,26)/t14-,15-,16-/m0/s1. The number of aliphatic hydroxyl groups excluding tert-OH is 1. The second kappa shape index (κ2) is 7.79. The summed E-state index contributed by atoms with van der Waals surface area (Å²) in [5.74, 6) is -1.67. The zero-order chi connectivity index (χ0) is 19.6. The van der Waals surface area contributed by atoms with Crippen LogP contribution in [0.1, 0.15) is 19.4 Å². The van der Waals surface area contributed by atoms with Crippen LogP contribution >= 0.6 is 0 Å². The molecule has 3 atom stereocenters. The summed E-state index contributed by atoms with van der Waals surface area (Å²) < 4.78 is 0. The molecule has 3 rings (SSSR count). The summed E-state index contributed by atoms with van der Waals surface area (Å²) in [6.45, 7) is 3.07. The molecule has 1 saturated heterocycles. The maximum Gasteiger partial charge on any atom is 0.245 e. The number of nitrogens with one attached hydrogen (secondary N) is 4. The van der Waals surface area contributed by atoms with Crippen molar-refractivity contribution in [3.63, 3.8) is 0 Å². The third-order valence-electron chi connectivity index (χ3n) is 4.79. The summed E-state index contributed by atoms with van der Waals surface area (Å²) >= 11 is 0. The van der Waals surface area contributed by atoms with Crippen LogP contribution < -0.4 is 16.0 Å². The molecule has 27 heavy (non-hydrogen) atoms. The molecule has 0 saturated carbocycles. The summed E-state index contributed by atoms with van der Waals surface area (Å²) in [7, 11) is 0. The van der Waals surface area contributed by atoms with Crippen molar-refractivity contribution in [3.05, 3.63) is 36.0 Å². The van der Waals surface area contributed by atoms with Gasteiger partial charge in [0.05, 0.1) is 6.61 Å². The van der Waals surface area contributed by atoms with Crippen molar-refractivity contribution in [3.8, 4) is 0 Å². The summed E-state index contributed by atoms with van der Waals surface area (Å²) in [6.07, 6.45) is 2.07. The molecule has 8 heteroatoms. The number of fused-ring (bicyclic) bond motifs is 1. The van der Waals surface area contributed by atoms with E-state index in [0.717, 1.165) is 16.5 Å². The molecule has 1 fully saturated rings. The molecular weight excluding hydrogens is 348 g/mol. The van der Waals surface area contributed by atoms with Gasteiger partial charge < -0.3 is 26.0 Å². The van der Waals surface area contributed by atoms with Crippen molar-refractivity contribution in [1.29, 1.82) is 0 Å². The molecular formula is C19H24N4O4. The van der Waals surface area contributed by atoms with E-state index in [9.17, 15) is 19.5 Å². The van der Waals surface area contributed by atoms with Crippen LogP contribution in [-0.2, 0) is 20.8 Å². The molecule has 0 unspecified atom stereocenters. The Morgan fingerprint density at radius 1 is 0.963 bits per heavy atom. The average molecular weight is 372 g/mol. The predicted molar refractivity (Wildman–Crippen MR) is 99.7 cm³/mol. The van der Waals surface area contributed by atoms with E-state index in [1.807, 2.05) is 30.5 Å². The smallest absolute Gasteiger partial charge is 0.245 e. The largest absolute Gasteiger partial charge is 0.394 e. The van der Waals surface area contributed by atoms with E-state index >= 15 is 0 Å². The van der Waals surface area contributed by atoms with E-state index in [0.29, 0.717) is 0 Å². The molecule has 8 nitrogen and oxygen atoms in total. The minimum atomic E-state index is -1.10. The highest BCUT2D eigenvalue weighted by atomic mass is 16.3. The third-order valence-corrected chi connectivity index (χ3v) is 4.79. The van der Waals surface area contributed by atoms with Gasteiger partial charge in [0, 0.05) is 23.5 Å². The average Bonchev–Trinajstić information content (AvgIpc) is 3.06. The van der Waals surface area contributed by atoms with Gasteiger partial charge in [-0.1, -0.05) is 32.0 Å². The van der Waals surface area contributed by atoms with Crippen LogP contribution in [0.3, 0.4) is 0 Å². The van der Waals surface area contributed by atoms with Gasteiger partial charge in [0.2, 0.25) is 17.7 Å². The molecule has 2 aromatic rings. The van der Waals surface area contributed by atoms with Gasteiger partial charge >= 0.3 is 0 Å². The molecule has 0 spiro atoms. The van der Waals surface area contributed by atoms with Gasteiger partial charge in [0.15, 0.2) is 0 Å². The van der Waals surface area contributed by atoms with E-state index in [1.165, 1.54) is 0 Å². The number of carbonyl (C=O) groups excluding carboxylic acids is 3. The van der Waals surface area contributed by atoms with Gasteiger partial charge in [-0.05, 0) is 17.5 Å². The number of para-hydroxylation sites is 1. The Balaban J connectivity index is 1.91. The highest BCUT2D eigenvalue weighted by Gasteiger charge is 2.35. The SMILES string of the molecule is CC(C)[C@@H]1NC(=O)[C@H](CO)NC(=O)[C@H](Cc2c[nH]c3ccccc23)NC1=O. The zero-order valence-electron chi connectivity index (χ0n) is 15.3. The predicted octanol–water partition coefficient (Wildman–Crippen LogP) is -0.173. The molecule has 2 heterocycles. The van der Waals surface area contributed by atoms with Crippen LogP contribution in [0.25, 0.3) is 10.9 Å². The van der Waals surface area contributed by atoms with Crippen LogP contribution in [0.4, 0.5) is 0 Å². The van der Waals surface area contributed by atoms with Crippen LogP contribution in [-0.4, -0.2) is 52.5 Å². The van der Waals surface area contributed by atoms with Gasteiger partial charge in [-0.3, -0.25) is 14.4 Å². The molecule has 0 radical (unpaired) electrons. The first-order valence-electron chi connectivity index (χ1n) is 8.97. The number of aliphatic hydroxyl groups is 1. The minimum Gasteiger partial charge on any atom is -0.394 e. The maximum atomic E-state index is 12.7. The molecule has 5 N–H and O–H groups in total. The lowest BCUT2D eigenvalue weighted by molar-refractivity contribution is -0.131. The number of rotatable bonds is 4. The first kappa shape index (κ1) is 18.9. The number of aromatic nitrogens is 1. The molecule has 1 aliphatic rings. The Morgan fingerprint density at radius 2 is 1.63 bits per heavy atom. The second-order valence-corrected chi connectivity index (χ2v) is 7.10. The van der Waals surface area contributed by atoms with E-state index in [1.54, 1.807) is 13.8 Å². The molecule has 1 aliphatic heterocycles. The fourth-order valence-corrected chi connectivity index (χ4v) is 3.25. The quantitative estimate of drug-likeness (QED) is 0.511. The molecule has 0 bridgehead atoms. The van der Waals surface area contributed by atoms with Gasteiger partial charge in [0.1, 0.15) is 18.1 Å². The van der Waals surface area contributed by atoms with Gasteiger partial charge in [-0.2, -0.15) is 0 Å². The molecule has 3 amide bonds. The Bertz CT molecular complexity index is 860. The Hall–Kier alpha value is -2.87. The monoisotopic (exact) mass is 372 g/mol. The maximum absolute atomic E-state index is 12.7. The lowest BCUT2D eigenvalue weighted by atomic mass is 10.0. The number of aromatic amines is 1. The zero-order valence-corrected chi connectivity index (χ0v) is 15.3. The van der Waals surface area contributed by atoms with E-state index in [2.05, 4.69) is 20.9 Å². The van der Waals surface area contributed by atoms with Gasteiger partial charge in [-0.25, -0.2) is 0 Å². The molecule has 1 aromatic carbocycles. The van der Waals surface area contributed by atoms with Crippen molar-refractivity contribution < 1.29 is 19.5 Å². The fourth-order valence-electron chi connectivity index (χ4n) is 3.25. The summed E-state index contributed by atoms with van der Waals surface area (Å²) in [5.41, 5.74) is 1.82. The van der Waals surface area contributed by atoms with Crippen molar-refractivity contribution >= 4 is 28.6 Å². The van der Waals surface area contributed by atoms with Crippen LogP contribution in [0, 0.1) is 5.92 Å². The first-order valence-corrected chi connectivity index (χ1v) is 8.97. The van der Waals surface area contributed by atoms with Crippen LogP contribution in [0.15, 0.2) is 30.5 Å². The summed E-state index contributed by atoms with van der Waals surface area (Å²) in [6, 6.07) is 4.93. The van der Waals surface area contributed by atoms with Crippen molar-refractivity contribution in [2.45, 2.75) is 38.4 Å². The van der Waals surface area contributed by atoms with Crippen LogP contribution in [0.2, 0.25) is 0 Å². The second-order valence-electron chi connectivity index (χ2n) is 7.10. The number of H-pyrrole nitrogens is 1. The van der Waals surface area contributed by atoms with Crippen molar-refractivity contribution in [2.24, 2.45) is 5.92 Å². The number of hydrogen-bond acceptors (Lipinski definition) is 4. The summed E-state index contributed by atoms with van der Waals surface area (Å²) in [4.78, 5) is 40.8. The van der Waals surface area contributed by atoms with E-state index in [4.69, 9.17) is 0 Å². The molecule has 1 aromatic heterocycles. The van der Waals surface area contributed by atoms with Crippen molar-refractivity contribution in [2.75, 3.05) is 6.61 Å². The lowest BCUT2D eigenvalue weighted by Crippen LogP contribution is -2.53. The number of hydrogen-bond donors (Lipinski definition) is 5. The van der Waals surface area contributed by atoms with Gasteiger partial charge in [-0.15, -0.1) is 0 Å². The lowest BCUT2D eigenvalue weighted by Gasteiger charge is -2.23. The molecule has 0 aliphatic carbocycles. The minimum absolute atomic E-state index is 0.171. The Morgan fingerprint density at radius 3 is 2.33 bits per heavy atom. The highest BCUT2D eigenvalue weighted by molar-refractivity contribution is 5.97. The topological polar surface area (TPSA) is 123 Å². The third kappa shape index (κ3) is 3.95.